The van der Waals surface area contributed by atoms with E-state index >= 15 is 0 Å². The minimum Gasteiger partial charge on any atom is -1.00 e. The van der Waals surface area contributed by atoms with E-state index in [0.29, 0.717) is 6.42 Å². The molecule has 0 aliphatic heterocycles. The molecule has 0 aliphatic carbocycles. The third kappa shape index (κ3) is 49.1. The van der Waals surface area contributed by atoms with Crippen LogP contribution >= 0.6 is 0 Å². The molecule has 15 heteroatoms. The van der Waals surface area contributed by atoms with Gasteiger partial charge in [0.2, 0.25) is 0 Å². The Balaban J connectivity index is -0.00000000445. The minimum absolute atomic E-state index is 0. The molecule has 0 saturated carbocycles. The number of hydrogen-bond donors (Lipinski definition) is 2. The molecule has 0 aromatic carbocycles. The van der Waals surface area contributed by atoms with Crippen molar-refractivity contribution in [1.82, 2.24) is 0 Å². The average molecular weight is 464 g/mol. The fraction of sp³-hybridized carbons (Fsp3) is 1.00. The molecule has 0 aromatic heterocycles. The maximum Gasteiger partial charge on any atom is 1.00 e. The second kappa shape index (κ2) is 49.9. The van der Waals surface area contributed by atoms with Crippen LogP contribution in [0.1, 0.15) is 59.7 Å². The van der Waals surface area contributed by atoms with Crippen molar-refractivity contribution < 1.29 is 328 Å². The Morgan fingerprint density at radius 2 is 1.08 bits per heavy atom. The van der Waals surface area contributed by atoms with Crippen LogP contribution in [0.15, 0.2) is 0 Å². The molecule has 0 amide bonds. The first-order chi connectivity index (χ1) is 6.52. The third-order valence-corrected chi connectivity index (χ3v) is 3.48. The summed E-state index contributed by atoms with van der Waals surface area (Å²) >= 11 is 0. The summed E-state index contributed by atoms with van der Waals surface area (Å²) in [4.78, 5) is 0. The van der Waals surface area contributed by atoms with Gasteiger partial charge < -0.3 is 19.4 Å². The monoisotopic (exact) mass is 464 g/mol. The molecule has 0 spiro atoms. The Kier molecular flexibility index (Phi) is 145. The smallest absolute Gasteiger partial charge is 1.00 e. The molecule has 0 heterocycles. The van der Waals surface area contributed by atoms with Crippen LogP contribution in [-0.2, 0) is 10.1 Å². The molecule has 24 heavy (non-hydrogen) atoms. The zero-order valence-corrected chi connectivity index (χ0v) is 39.5. The van der Waals surface area contributed by atoms with Gasteiger partial charge in [-0.1, -0.05) is 39.0 Å². The summed E-state index contributed by atoms with van der Waals surface area (Å²) in [5.41, 5.74) is 0. The number of unbranched alkanes of at least 4 members (excludes halogenated alkanes) is 4. The van der Waals surface area contributed by atoms with Crippen LogP contribution < -0.4 is 296 Å². The van der Waals surface area contributed by atoms with Crippen molar-refractivity contribution in [1.29, 1.82) is 0 Å². The van der Waals surface area contributed by atoms with Gasteiger partial charge in [-0.3, -0.25) is 4.55 Å². The quantitative estimate of drug-likeness (QED) is 0.213. The minimum atomic E-state index is -4.06. The van der Waals surface area contributed by atoms with E-state index < -0.39 is 22.0 Å². The van der Waals surface area contributed by atoms with Crippen LogP contribution in [0.5, 0.6) is 0 Å². The van der Waals surface area contributed by atoms with E-state index in [2.05, 4.69) is 6.92 Å². The van der Waals surface area contributed by atoms with E-state index in [4.69, 9.17) is 9.66 Å². The van der Waals surface area contributed by atoms with E-state index in [9.17, 15) is 8.42 Å². The summed E-state index contributed by atoms with van der Waals surface area (Å²) in [5.74, 6) is 0. The Morgan fingerprint density at radius 1 is 0.750 bits per heavy atom. The molecule has 0 saturated heterocycles. The van der Waals surface area contributed by atoms with Gasteiger partial charge in [-0.05, 0) is 6.42 Å². The fourth-order valence-corrected chi connectivity index (χ4v) is 1.96. The standard InChI is InChI=1S/C9H20O4S.10Na.10H/c1-2-3-4-5-6-7-9(8-10)14(11,12)13;;;;;;;;;;;;;;;;;;;;/h9-10H,2-8H2,1H3,(H,11,12,13);;;;;;;;;;;;;;;;;;;;/q;10*+1;10*-1. The number of aliphatic hydroxyl groups is 1. The topological polar surface area (TPSA) is 74.6 Å². The second-order valence-corrected chi connectivity index (χ2v) is 5.22. The molecule has 0 fully saturated rings. The number of hydrogen-bond acceptors (Lipinski definition) is 3. The molecular weight excluding hydrogens is 434 g/mol. The van der Waals surface area contributed by atoms with Crippen LogP contribution in [0.4, 0.5) is 0 Å². The van der Waals surface area contributed by atoms with Gasteiger partial charge in [-0.15, -0.1) is 0 Å². The van der Waals surface area contributed by atoms with Gasteiger partial charge in [0, 0.05) is 0 Å². The summed E-state index contributed by atoms with van der Waals surface area (Å²) in [6.07, 6.45) is 5.42. The van der Waals surface area contributed by atoms with Crippen LogP contribution in [0.3, 0.4) is 0 Å². The molecule has 0 aromatic rings. The van der Waals surface area contributed by atoms with E-state index in [1.165, 1.54) is 0 Å². The zero-order chi connectivity index (χ0) is 11.0. The van der Waals surface area contributed by atoms with Crippen molar-refractivity contribution >= 4 is 10.1 Å². The number of aliphatic hydroxyl groups excluding tert-OH is 1. The van der Waals surface area contributed by atoms with Gasteiger partial charge in [0.15, 0.2) is 0 Å². The molecular formula is C9H30Na10O4S. The molecule has 0 bridgehead atoms. The Labute approximate surface area is 385 Å². The largest absolute Gasteiger partial charge is 1.00 e. The van der Waals surface area contributed by atoms with Gasteiger partial charge in [0.05, 0.1) is 6.61 Å². The summed E-state index contributed by atoms with van der Waals surface area (Å²) < 4.78 is 30.0. The molecule has 1 atom stereocenters. The fourth-order valence-electron chi connectivity index (χ4n) is 1.31. The summed E-state index contributed by atoms with van der Waals surface area (Å²) in [6.45, 7) is 1.61. The SMILES string of the molecule is CCCCCCCC(CO)S(=O)(=O)O.[H-].[H-].[H-].[H-].[H-].[H-].[H-].[H-].[H-].[H-].[Na+].[Na+].[Na+].[Na+].[Na+].[Na+].[Na+].[Na+].[Na+].[Na+]. The zero-order valence-electron chi connectivity index (χ0n) is 28.6. The van der Waals surface area contributed by atoms with Crippen molar-refractivity contribution in [3.8, 4) is 0 Å². The molecule has 2 N–H and O–H groups in total. The summed E-state index contributed by atoms with van der Waals surface area (Å²) in [5, 5.41) is 7.73. The summed E-state index contributed by atoms with van der Waals surface area (Å²) in [6, 6.07) is 0. The second-order valence-electron chi connectivity index (χ2n) is 3.52. The van der Waals surface area contributed by atoms with E-state index in [-0.39, 0.29) is 310 Å². The normalized spacial score (nSPS) is 8.29. The van der Waals surface area contributed by atoms with Crippen LogP contribution in [-0.4, -0.2) is 29.9 Å². The Bertz CT molecular complexity index is 276. The van der Waals surface area contributed by atoms with Crippen LogP contribution in [0, 0.1) is 0 Å². The third-order valence-electron chi connectivity index (χ3n) is 2.25. The van der Waals surface area contributed by atoms with E-state index in [1.54, 1.807) is 0 Å². The van der Waals surface area contributed by atoms with E-state index in [1.807, 2.05) is 0 Å². The van der Waals surface area contributed by atoms with Gasteiger partial charge in [-0.25, -0.2) is 0 Å². The maximum absolute atomic E-state index is 10.7. The first-order valence-electron chi connectivity index (χ1n) is 5.09. The molecule has 1 unspecified atom stereocenters. The molecule has 0 rings (SSSR count). The Hall–Kier alpha value is 9.87. The van der Waals surface area contributed by atoms with E-state index in [0.717, 1.165) is 32.1 Å². The Morgan fingerprint density at radius 3 is 1.33 bits per heavy atom. The maximum atomic E-state index is 10.7. The predicted octanol–water partition coefficient (Wildman–Crippen LogP) is -27.2. The van der Waals surface area contributed by atoms with Gasteiger partial charge in [-0.2, -0.15) is 8.42 Å². The number of rotatable bonds is 8. The van der Waals surface area contributed by atoms with Crippen LogP contribution in [0.2, 0.25) is 0 Å². The average Bonchev–Trinajstić information content (AvgIpc) is 2.09. The van der Waals surface area contributed by atoms with Crippen LogP contribution in [0.25, 0.3) is 0 Å². The first-order valence-corrected chi connectivity index (χ1v) is 6.59. The van der Waals surface area contributed by atoms with Crippen molar-refractivity contribution in [2.75, 3.05) is 6.61 Å². The van der Waals surface area contributed by atoms with Crippen molar-refractivity contribution in [3.63, 3.8) is 0 Å². The van der Waals surface area contributed by atoms with Crippen molar-refractivity contribution in [3.05, 3.63) is 0 Å². The molecule has 106 valence electrons. The van der Waals surface area contributed by atoms with Gasteiger partial charge >= 0.3 is 296 Å². The first kappa shape index (κ1) is 70.0. The van der Waals surface area contributed by atoms with Gasteiger partial charge in [0.1, 0.15) is 5.25 Å². The van der Waals surface area contributed by atoms with Crippen molar-refractivity contribution in [2.24, 2.45) is 0 Å². The molecule has 0 aliphatic rings. The molecule has 0 radical (unpaired) electrons. The van der Waals surface area contributed by atoms with Gasteiger partial charge in [0.25, 0.3) is 10.1 Å². The predicted molar refractivity (Wildman–Crippen MR) is 66.9 cm³/mol. The molecule has 4 nitrogen and oxygen atoms in total. The summed E-state index contributed by atoms with van der Waals surface area (Å²) in [7, 11) is -4.06. The van der Waals surface area contributed by atoms with Crippen molar-refractivity contribution in [2.45, 2.75) is 50.7 Å².